The van der Waals surface area contributed by atoms with E-state index >= 15 is 0 Å². The predicted octanol–water partition coefficient (Wildman–Crippen LogP) is 5.85. The van der Waals surface area contributed by atoms with Crippen LogP contribution in [0.2, 0.25) is 0 Å². The second-order valence-electron chi connectivity index (χ2n) is 7.22. The van der Waals surface area contributed by atoms with Crippen LogP contribution < -0.4 is 15.4 Å². The van der Waals surface area contributed by atoms with Crippen LogP contribution in [0.3, 0.4) is 0 Å². The monoisotopic (exact) mass is 424 g/mol. The molecule has 0 fully saturated rings. The fourth-order valence-corrected chi connectivity index (χ4v) is 3.20. The Hall–Kier alpha value is -4.19. The summed E-state index contributed by atoms with van der Waals surface area (Å²) in [6.07, 6.45) is 1.71. The standard InChI is InChI=1S/C26H24N4O2/c1-3-32-23-10-5-4-9-22(23)29-26(31)20-7-6-8-21(17-20)28-24-15-16-27-25(30-24)19-13-11-18(2)12-14-19/h4-17H,3H2,1-2H3,(H,29,31)(H,27,28,30). The largest absolute Gasteiger partial charge is 0.492 e. The van der Waals surface area contributed by atoms with Gasteiger partial charge in [0.25, 0.3) is 5.91 Å². The molecular formula is C26H24N4O2. The third kappa shape index (κ3) is 5.10. The van der Waals surface area contributed by atoms with Gasteiger partial charge in [0.2, 0.25) is 0 Å². The van der Waals surface area contributed by atoms with E-state index in [1.54, 1.807) is 24.4 Å². The van der Waals surface area contributed by atoms with Crippen molar-refractivity contribution >= 4 is 23.1 Å². The SMILES string of the molecule is CCOc1ccccc1NC(=O)c1cccc(Nc2ccnc(-c3ccc(C)cc3)n2)c1. The molecule has 6 nitrogen and oxygen atoms in total. The highest BCUT2D eigenvalue weighted by Gasteiger charge is 2.11. The molecule has 0 aliphatic rings. The van der Waals surface area contributed by atoms with E-state index in [0.29, 0.717) is 35.2 Å². The van der Waals surface area contributed by atoms with Crippen molar-refractivity contribution in [2.75, 3.05) is 17.2 Å². The van der Waals surface area contributed by atoms with Gasteiger partial charge in [-0.3, -0.25) is 4.79 Å². The topological polar surface area (TPSA) is 76.1 Å². The maximum Gasteiger partial charge on any atom is 0.255 e. The Balaban J connectivity index is 1.51. The first-order valence-corrected chi connectivity index (χ1v) is 10.4. The van der Waals surface area contributed by atoms with Crippen LogP contribution in [0.1, 0.15) is 22.8 Å². The number of ether oxygens (including phenoxy) is 1. The van der Waals surface area contributed by atoms with Gasteiger partial charge in [-0.2, -0.15) is 0 Å². The van der Waals surface area contributed by atoms with E-state index < -0.39 is 0 Å². The lowest BCUT2D eigenvalue weighted by molar-refractivity contribution is 0.102. The summed E-state index contributed by atoms with van der Waals surface area (Å²) in [5.41, 5.74) is 4.04. The van der Waals surface area contributed by atoms with Crippen LogP contribution in [0, 0.1) is 6.92 Å². The molecule has 6 heteroatoms. The van der Waals surface area contributed by atoms with Crippen LogP contribution in [-0.4, -0.2) is 22.5 Å². The first-order chi connectivity index (χ1) is 15.6. The van der Waals surface area contributed by atoms with Crippen LogP contribution in [0.4, 0.5) is 17.2 Å². The van der Waals surface area contributed by atoms with Gasteiger partial charge in [-0.25, -0.2) is 9.97 Å². The maximum absolute atomic E-state index is 12.8. The fraction of sp³-hybridized carbons (Fsp3) is 0.115. The number of nitrogens with one attached hydrogen (secondary N) is 2. The van der Waals surface area contributed by atoms with Gasteiger partial charge in [0.1, 0.15) is 11.6 Å². The molecule has 2 N–H and O–H groups in total. The van der Waals surface area contributed by atoms with Crippen LogP contribution in [0.15, 0.2) is 85.1 Å². The summed E-state index contributed by atoms with van der Waals surface area (Å²) >= 11 is 0. The molecule has 0 spiro atoms. The molecule has 1 heterocycles. The summed E-state index contributed by atoms with van der Waals surface area (Å²) in [5, 5.41) is 6.18. The molecule has 1 amide bonds. The number of amides is 1. The summed E-state index contributed by atoms with van der Waals surface area (Å²) in [6, 6.07) is 24.5. The Bertz CT molecular complexity index is 1220. The average molecular weight is 425 g/mol. The second kappa shape index (κ2) is 9.75. The minimum atomic E-state index is -0.219. The summed E-state index contributed by atoms with van der Waals surface area (Å²) in [6.45, 7) is 4.47. The van der Waals surface area contributed by atoms with Gasteiger partial charge in [-0.05, 0) is 50.2 Å². The van der Waals surface area contributed by atoms with Gasteiger partial charge in [-0.1, -0.05) is 48.0 Å². The molecule has 3 aromatic carbocycles. The summed E-state index contributed by atoms with van der Waals surface area (Å²) in [7, 11) is 0. The van der Waals surface area contributed by atoms with E-state index in [1.807, 2.05) is 74.5 Å². The van der Waals surface area contributed by atoms with Crippen molar-refractivity contribution in [3.63, 3.8) is 0 Å². The quantitative estimate of drug-likeness (QED) is 0.389. The molecule has 0 saturated carbocycles. The molecule has 4 rings (SSSR count). The van der Waals surface area contributed by atoms with Crippen LogP contribution in [0.25, 0.3) is 11.4 Å². The Kier molecular flexibility index (Phi) is 6.41. The fourth-order valence-electron chi connectivity index (χ4n) is 3.20. The molecule has 0 aliphatic heterocycles. The zero-order chi connectivity index (χ0) is 22.3. The van der Waals surface area contributed by atoms with Gasteiger partial charge >= 0.3 is 0 Å². The predicted molar refractivity (Wildman–Crippen MR) is 127 cm³/mol. The number of hydrogen-bond acceptors (Lipinski definition) is 5. The molecule has 160 valence electrons. The lowest BCUT2D eigenvalue weighted by Crippen LogP contribution is -2.13. The van der Waals surface area contributed by atoms with Gasteiger partial charge in [-0.15, -0.1) is 0 Å². The van der Waals surface area contributed by atoms with Crippen molar-refractivity contribution in [1.29, 1.82) is 0 Å². The Labute approximate surface area is 187 Å². The van der Waals surface area contributed by atoms with E-state index in [4.69, 9.17) is 4.74 Å². The number of anilines is 3. The van der Waals surface area contributed by atoms with E-state index in [2.05, 4.69) is 20.6 Å². The molecular weight excluding hydrogens is 400 g/mol. The van der Waals surface area contributed by atoms with Crippen molar-refractivity contribution in [1.82, 2.24) is 9.97 Å². The van der Waals surface area contributed by atoms with Crippen molar-refractivity contribution in [3.05, 3.63) is 96.2 Å². The normalized spacial score (nSPS) is 10.4. The summed E-state index contributed by atoms with van der Waals surface area (Å²) < 4.78 is 5.59. The van der Waals surface area contributed by atoms with Gasteiger partial charge in [0.05, 0.1) is 12.3 Å². The molecule has 0 radical (unpaired) electrons. The second-order valence-corrected chi connectivity index (χ2v) is 7.22. The first kappa shape index (κ1) is 21.1. The number of hydrogen-bond donors (Lipinski definition) is 2. The first-order valence-electron chi connectivity index (χ1n) is 10.4. The number of rotatable bonds is 7. The lowest BCUT2D eigenvalue weighted by Gasteiger charge is -2.12. The zero-order valence-corrected chi connectivity index (χ0v) is 18.0. The summed E-state index contributed by atoms with van der Waals surface area (Å²) in [4.78, 5) is 21.8. The highest BCUT2D eigenvalue weighted by Crippen LogP contribution is 2.25. The van der Waals surface area contributed by atoms with Crippen molar-refractivity contribution in [3.8, 4) is 17.1 Å². The third-order valence-corrected chi connectivity index (χ3v) is 4.80. The van der Waals surface area contributed by atoms with E-state index in [-0.39, 0.29) is 5.91 Å². The number of carbonyl (C=O) groups excluding carboxylic acids is 1. The number of aromatic nitrogens is 2. The van der Waals surface area contributed by atoms with Crippen LogP contribution in [0.5, 0.6) is 5.75 Å². The number of nitrogens with zero attached hydrogens (tertiary/aromatic N) is 2. The van der Waals surface area contributed by atoms with E-state index in [9.17, 15) is 4.79 Å². The number of carbonyl (C=O) groups is 1. The molecule has 1 aromatic heterocycles. The summed E-state index contributed by atoms with van der Waals surface area (Å²) in [5.74, 6) is 1.71. The Morgan fingerprint density at radius 3 is 2.59 bits per heavy atom. The van der Waals surface area contributed by atoms with Crippen LogP contribution >= 0.6 is 0 Å². The van der Waals surface area contributed by atoms with Crippen molar-refractivity contribution in [2.24, 2.45) is 0 Å². The highest BCUT2D eigenvalue weighted by molar-refractivity contribution is 6.05. The Morgan fingerprint density at radius 2 is 1.78 bits per heavy atom. The molecule has 0 aliphatic carbocycles. The molecule has 0 unspecified atom stereocenters. The van der Waals surface area contributed by atoms with E-state index in [1.165, 1.54) is 5.56 Å². The Morgan fingerprint density at radius 1 is 0.969 bits per heavy atom. The van der Waals surface area contributed by atoms with Gasteiger partial charge in [0, 0.05) is 23.0 Å². The number of para-hydroxylation sites is 2. The smallest absolute Gasteiger partial charge is 0.255 e. The maximum atomic E-state index is 12.8. The number of aryl methyl sites for hydroxylation is 1. The number of benzene rings is 3. The molecule has 4 aromatic rings. The molecule has 0 bridgehead atoms. The molecule has 32 heavy (non-hydrogen) atoms. The molecule has 0 saturated heterocycles. The third-order valence-electron chi connectivity index (χ3n) is 4.80. The minimum absolute atomic E-state index is 0.219. The van der Waals surface area contributed by atoms with Gasteiger partial charge < -0.3 is 15.4 Å². The van der Waals surface area contributed by atoms with Crippen molar-refractivity contribution < 1.29 is 9.53 Å². The van der Waals surface area contributed by atoms with E-state index in [0.717, 1.165) is 11.3 Å². The average Bonchev–Trinajstić information content (AvgIpc) is 2.81. The zero-order valence-electron chi connectivity index (χ0n) is 18.0. The lowest BCUT2D eigenvalue weighted by atomic mass is 10.1. The van der Waals surface area contributed by atoms with Gasteiger partial charge in [0.15, 0.2) is 5.82 Å². The highest BCUT2D eigenvalue weighted by atomic mass is 16.5. The van der Waals surface area contributed by atoms with Crippen LogP contribution in [-0.2, 0) is 0 Å². The molecule has 0 atom stereocenters. The van der Waals surface area contributed by atoms with Crippen molar-refractivity contribution in [2.45, 2.75) is 13.8 Å². The minimum Gasteiger partial charge on any atom is -0.492 e.